The van der Waals surface area contributed by atoms with Gasteiger partial charge in [0.2, 0.25) is 0 Å². The summed E-state index contributed by atoms with van der Waals surface area (Å²) in [7, 11) is 1.76. The van der Waals surface area contributed by atoms with Crippen LogP contribution in [0.15, 0.2) is 66.0 Å². The molecule has 0 radical (unpaired) electrons. The molecule has 0 saturated heterocycles. The van der Waals surface area contributed by atoms with Gasteiger partial charge >= 0.3 is 0 Å². The maximum atomic E-state index is 6.03. The molecule has 0 spiro atoms. The Kier molecular flexibility index (Phi) is 6.44. The molecule has 0 bridgehead atoms. The third kappa shape index (κ3) is 5.08. The fourth-order valence-corrected chi connectivity index (χ4v) is 2.92. The molecule has 2 N–H and O–H groups in total. The standard InChI is InChI=1S/C20H23ClN6/c1-15-5-3-10-23-18(15)13-24-20(22-2)25-14-19(27-12-4-11-26-27)16-6-8-17(21)9-7-16/h3-12,19H,13-14H2,1-2H3,(H2,22,24,25). The Hall–Kier alpha value is -2.86. The van der Waals surface area contributed by atoms with E-state index in [0.29, 0.717) is 24.1 Å². The number of nitrogens with one attached hydrogen (secondary N) is 2. The van der Waals surface area contributed by atoms with Crippen molar-refractivity contribution in [3.05, 3.63) is 82.9 Å². The van der Waals surface area contributed by atoms with Gasteiger partial charge in [-0.3, -0.25) is 14.7 Å². The predicted octanol–water partition coefficient (Wildman–Crippen LogP) is 3.19. The predicted molar refractivity (Wildman–Crippen MR) is 109 cm³/mol. The van der Waals surface area contributed by atoms with Crippen LogP contribution < -0.4 is 10.6 Å². The lowest BCUT2D eigenvalue weighted by atomic mass is 10.1. The summed E-state index contributed by atoms with van der Waals surface area (Å²) in [6.07, 6.45) is 5.53. The van der Waals surface area contributed by atoms with Crippen molar-refractivity contribution in [2.45, 2.75) is 19.5 Å². The first kappa shape index (κ1) is 18.9. The summed E-state index contributed by atoms with van der Waals surface area (Å²) in [5, 5.41) is 11.8. The van der Waals surface area contributed by atoms with Crippen molar-refractivity contribution in [3.63, 3.8) is 0 Å². The molecule has 7 heteroatoms. The highest BCUT2D eigenvalue weighted by Gasteiger charge is 2.15. The molecule has 1 aromatic carbocycles. The van der Waals surface area contributed by atoms with Gasteiger partial charge in [0.15, 0.2) is 5.96 Å². The second-order valence-corrected chi connectivity index (χ2v) is 6.56. The molecular formula is C20H23ClN6. The van der Waals surface area contributed by atoms with Crippen LogP contribution in [0.4, 0.5) is 0 Å². The number of hydrogen-bond acceptors (Lipinski definition) is 3. The van der Waals surface area contributed by atoms with Crippen molar-refractivity contribution in [1.82, 2.24) is 25.4 Å². The second kappa shape index (κ2) is 9.19. The van der Waals surface area contributed by atoms with Crippen LogP contribution in [-0.2, 0) is 6.54 Å². The van der Waals surface area contributed by atoms with Crippen molar-refractivity contribution >= 4 is 17.6 Å². The highest BCUT2D eigenvalue weighted by Crippen LogP contribution is 2.19. The molecule has 0 saturated carbocycles. The molecule has 27 heavy (non-hydrogen) atoms. The summed E-state index contributed by atoms with van der Waals surface area (Å²) >= 11 is 6.03. The molecular weight excluding hydrogens is 360 g/mol. The number of rotatable bonds is 6. The largest absolute Gasteiger partial charge is 0.354 e. The van der Waals surface area contributed by atoms with Gasteiger partial charge in [-0.2, -0.15) is 5.10 Å². The summed E-state index contributed by atoms with van der Waals surface area (Å²) < 4.78 is 1.92. The van der Waals surface area contributed by atoms with E-state index in [1.54, 1.807) is 19.4 Å². The molecule has 0 aliphatic carbocycles. The Morgan fingerprint density at radius 1 is 1.15 bits per heavy atom. The molecule has 1 atom stereocenters. The van der Waals surface area contributed by atoms with Gasteiger partial charge in [0, 0.05) is 37.2 Å². The minimum Gasteiger partial charge on any atom is -0.354 e. The number of aliphatic imine (C=N–C) groups is 1. The summed E-state index contributed by atoms with van der Waals surface area (Å²) in [5.41, 5.74) is 3.27. The Morgan fingerprint density at radius 2 is 1.96 bits per heavy atom. The zero-order chi connectivity index (χ0) is 19.1. The van der Waals surface area contributed by atoms with Crippen LogP contribution in [0, 0.1) is 6.92 Å². The van der Waals surface area contributed by atoms with Gasteiger partial charge < -0.3 is 10.6 Å². The van der Waals surface area contributed by atoms with Gasteiger partial charge in [0.1, 0.15) is 0 Å². The normalized spacial score (nSPS) is 12.6. The molecule has 3 rings (SSSR count). The Labute approximate surface area is 164 Å². The van der Waals surface area contributed by atoms with Crippen molar-refractivity contribution in [1.29, 1.82) is 0 Å². The summed E-state index contributed by atoms with van der Waals surface area (Å²) in [4.78, 5) is 8.71. The number of aryl methyl sites for hydroxylation is 1. The molecule has 0 fully saturated rings. The lowest BCUT2D eigenvalue weighted by Gasteiger charge is -2.21. The smallest absolute Gasteiger partial charge is 0.191 e. The average Bonchev–Trinajstić information content (AvgIpc) is 3.21. The van der Waals surface area contributed by atoms with Crippen molar-refractivity contribution < 1.29 is 0 Å². The topological polar surface area (TPSA) is 67.1 Å². The maximum absolute atomic E-state index is 6.03. The van der Waals surface area contributed by atoms with Crippen LogP contribution >= 0.6 is 11.6 Å². The lowest BCUT2D eigenvalue weighted by Crippen LogP contribution is -2.40. The second-order valence-electron chi connectivity index (χ2n) is 6.13. The van der Waals surface area contributed by atoms with E-state index < -0.39 is 0 Å². The van der Waals surface area contributed by atoms with Crippen LogP contribution in [0.1, 0.15) is 22.9 Å². The summed E-state index contributed by atoms with van der Waals surface area (Å²) in [6.45, 7) is 3.29. The minimum absolute atomic E-state index is 0.0207. The number of halogens is 1. The van der Waals surface area contributed by atoms with E-state index in [1.165, 1.54) is 0 Å². The third-order valence-corrected chi connectivity index (χ3v) is 4.58. The first-order valence-electron chi connectivity index (χ1n) is 8.77. The monoisotopic (exact) mass is 382 g/mol. The van der Waals surface area contributed by atoms with Gasteiger partial charge in [0.05, 0.1) is 18.3 Å². The quantitative estimate of drug-likeness (QED) is 0.507. The van der Waals surface area contributed by atoms with Crippen molar-refractivity contribution in [2.24, 2.45) is 4.99 Å². The average molecular weight is 383 g/mol. The zero-order valence-electron chi connectivity index (χ0n) is 15.4. The van der Waals surface area contributed by atoms with Crippen LogP contribution in [0.3, 0.4) is 0 Å². The SMILES string of the molecule is CN=C(NCc1ncccc1C)NCC(c1ccc(Cl)cc1)n1cccn1. The fourth-order valence-electron chi connectivity index (χ4n) is 2.80. The fraction of sp³-hybridized carbons (Fsp3) is 0.250. The highest BCUT2D eigenvalue weighted by atomic mass is 35.5. The van der Waals surface area contributed by atoms with Crippen LogP contribution in [0.5, 0.6) is 0 Å². The molecule has 140 valence electrons. The van der Waals surface area contributed by atoms with Crippen LogP contribution in [-0.4, -0.2) is 34.3 Å². The molecule has 1 unspecified atom stereocenters. The molecule has 0 aliphatic rings. The number of benzene rings is 1. The van der Waals surface area contributed by atoms with Crippen LogP contribution in [0.2, 0.25) is 5.02 Å². The number of nitrogens with zero attached hydrogens (tertiary/aromatic N) is 4. The Balaban J connectivity index is 1.67. The molecule has 2 aromatic heterocycles. The van der Waals surface area contributed by atoms with E-state index in [4.69, 9.17) is 11.6 Å². The van der Waals surface area contributed by atoms with E-state index in [0.717, 1.165) is 16.8 Å². The molecule has 2 heterocycles. The molecule has 0 aliphatic heterocycles. The number of guanidine groups is 1. The van der Waals surface area contributed by atoms with Gasteiger partial charge in [-0.1, -0.05) is 29.8 Å². The molecule has 3 aromatic rings. The Morgan fingerprint density at radius 3 is 2.63 bits per heavy atom. The maximum Gasteiger partial charge on any atom is 0.191 e. The molecule has 6 nitrogen and oxygen atoms in total. The van der Waals surface area contributed by atoms with Gasteiger partial charge in [-0.25, -0.2) is 0 Å². The first-order valence-corrected chi connectivity index (χ1v) is 9.15. The molecule has 0 amide bonds. The lowest BCUT2D eigenvalue weighted by molar-refractivity contribution is 0.510. The number of hydrogen-bond donors (Lipinski definition) is 2. The van der Waals surface area contributed by atoms with E-state index in [1.807, 2.05) is 47.3 Å². The van der Waals surface area contributed by atoms with Crippen molar-refractivity contribution in [2.75, 3.05) is 13.6 Å². The van der Waals surface area contributed by atoms with Gasteiger partial charge in [-0.15, -0.1) is 0 Å². The number of pyridine rings is 1. The zero-order valence-corrected chi connectivity index (χ0v) is 16.2. The van der Waals surface area contributed by atoms with Crippen LogP contribution in [0.25, 0.3) is 0 Å². The Bertz CT molecular complexity index is 874. The number of aromatic nitrogens is 3. The van der Waals surface area contributed by atoms with Crippen molar-refractivity contribution in [3.8, 4) is 0 Å². The van der Waals surface area contributed by atoms with E-state index in [-0.39, 0.29) is 6.04 Å². The van der Waals surface area contributed by atoms with E-state index in [9.17, 15) is 0 Å². The van der Waals surface area contributed by atoms with E-state index >= 15 is 0 Å². The first-order chi connectivity index (χ1) is 13.2. The highest BCUT2D eigenvalue weighted by molar-refractivity contribution is 6.30. The van der Waals surface area contributed by atoms with Gasteiger partial charge in [0.25, 0.3) is 0 Å². The van der Waals surface area contributed by atoms with E-state index in [2.05, 4.69) is 38.7 Å². The summed E-state index contributed by atoms with van der Waals surface area (Å²) in [6, 6.07) is 13.7. The summed E-state index contributed by atoms with van der Waals surface area (Å²) in [5.74, 6) is 0.714. The van der Waals surface area contributed by atoms with Gasteiger partial charge in [-0.05, 0) is 42.3 Å². The third-order valence-electron chi connectivity index (χ3n) is 4.33. The minimum atomic E-state index is 0.0207.